The molecule has 0 spiro atoms. The molecule has 1 aliphatic rings. The van der Waals surface area contributed by atoms with Crippen molar-refractivity contribution < 1.29 is 8.78 Å². The van der Waals surface area contributed by atoms with E-state index in [1.807, 2.05) is 0 Å². The van der Waals surface area contributed by atoms with E-state index in [9.17, 15) is 8.78 Å². The molecule has 1 atom stereocenters. The number of benzene rings is 1. The molecule has 112 valence electrons. The fourth-order valence-corrected chi connectivity index (χ4v) is 3.42. The summed E-state index contributed by atoms with van der Waals surface area (Å²) in [6.07, 6.45) is 7.87. The van der Waals surface area contributed by atoms with Gasteiger partial charge >= 0.3 is 0 Å². The summed E-state index contributed by atoms with van der Waals surface area (Å²) >= 11 is 0. The van der Waals surface area contributed by atoms with Crippen LogP contribution in [0.15, 0.2) is 18.2 Å². The standard InChI is InChI=1S/C17H25F2N/c1-2-3-12-4-6-13(7-5-12)17(20)10-14-8-9-15(18)11-16(14)19/h8-9,11-13,17H,2-7,10,20H2,1H3. The maximum absolute atomic E-state index is 13.6. The van der Waals surface area contributed by atoms with Crippen LogP contribution in [-0.2, 0) is 6.42 Å². The van der Waals surface area contributed by atoms with Crippen molar-refractivity contribution in [2.24, 2.45) is 17.6 Å². The first-order valence-electron chi connectivity index (χ1n) is 7.79. The topological polar surface area (TPSA) is 26.0 Å². The first-order valence-corrected chi connectivity index (χ1v) is 7.79. The molecule has 1 nitrogen and oxygen atoms in total. The second kappa shape index (κ2) is 7.16. The SMILES string of the molecule is CCCC1CCC(C(N)Cc2ccc(F)cc2F)CC1. The van der Waals surface area contributed by atoms with Crippen LogP contribution in [0.5, 0.6) is 0 Å². The molecule has 0 amide bonds. The Kier molecular flexibility index (Phi) is 5.53. The van der Waals surface area contributed by atoms with Gasteiger partial charge in [-0.1, -0.05) is 38.7 Å². The summed E-state index contributed by atoms with van der Waals surface area (Å²) in [4.78, 5) is 0. The minimum atomic E-state index is -0.528. The molecule has 0 aromatic heterocycles. The Labute approximate surface area is 120 Å². The third-order valence-electron chi connectivity index (χ3n) is 4.66. The van der Waals surface area contributed by atoms with Gasteiger partial charge < -0.3 is 5.73 Å². The van der Waals surface area contributed by atoms with Gasteiger partial charge in [0.15, 0.2) is 0 Å². The molecule has 2 rings (SSSR count). The summed E-state index contributed by atoms with van der Waals surface area (Å²) in [5, 5.41) is 0. The van der Waals surface area contributed by atoms with Crippen molar-refractivity contribution in [3.63, 3.8) is 0 Å². The smallest absolute Gasteiger partial charge is 0.129 e. The van der Waals surface area contributed by atoms with Gasteiger partial charge in [-0.2, -0.15) is 0 Å². The Hall–Kier alpha value is -0.960. The van der Waals surface area contributed by atoms with Crippen LogP contribution >= 0.6 is 0 Å². The fraction of sp³-hybridized carbons (Fsp3) is 0.647. The summed E-state index contributed by atoms with van der Waals surface area (Å²) < 4.78 is 26.5. The largest absolute Gasteiger partial charge is 0.327 e. The zero-order valence-corrected chi connectivity index (χ0v) is 12.2. The van der Waals surface area contributed by atoms with E-state index in [1.54, 1.807) is 0 Å². The zero-order valence-electron chi connectivity index (χ0n) is 12.2. The van der Waals surface area contributed by atoms with E-state index in [4.69, 9.17) is 5.73 Å². The van der Waals surface area contributed by atoms with E-state index in [0.717, 1.165) is 24.8 Å². The molecule has 1 aromatic rings. The molecule has 0 heterocycles. The van der Waals surface area contributed by atoms with E-state index < -0.39 is 11.6 Å². The van der Waals surface area contributed by atoms with Crippen LogP contribution in [0.4, 0.5) is 8.78 Å². The van der Waals surface area contributed by atoms with Gasteiger partial charge in [0.1, 0.15) is 11.6 Å². The van der Waals surface area contributed by atoms with Crippen molar-refractivity contribution in [2.45, 2.75) is 57.9 Å². The summed E-state index contributed by atoms with van der Waals surface area (Å²) in [5.74, 6) is 0.332. The van der Waals surface area contributed by atoms with Crippen molar-refractivity contribution >= 4 is 0 Å². The molecule has 1 unspecified atom stereocenters. The van der Waals surface area contributed by atoms with Crippen LogP contribution in [0, 0.1) is 23.5 Å². The maximum atomic E-state index is 13.6. The molecular weight excluding hydrogens is 256 g/mol. The zero-order chi connectivity index (χ0) is 14.5. The van der Waals surface area contributed by atoms with Crippen LogP contribution in [-0.4, -0.2) is 6.04 Å². The van der Waals surface area contributed by atoms with Crippen molar-refractivity contribution in [3.05, 3.63) is 35.4 Å². The lowest BCUT2D eigenvalue weighted by molar-refractivity contribution is 0.232. The molecular formula is C17H25F2N. The molecule has 3 heteroatoms. The van der Waals surface area contributed by atoms with Crippen LogP contribution < -0.4 is 5.73 Å². The molecule has 20 heavy (non-hydrogen) atoms. The molecule has 1 saturated carbocycles. The quantitative estimate of drug-likeness (QED) is 0.848. The Balaban J connectivity index is 1.87. The van der Waals surface area contributed by atoms with Crippen LogP contribution in [0.1, 0.15) is 51.0 Å². The number of hydrogen-bond donors (Lipinski definition) is 1. The highest BCUT2D eigenvalue weighted by molar-refractivity contribution is 5.19. The minimum absolute atomic E-state index is 0.0162. The predicted molar refractivity (Wildman–Crippen MR) is 78.4 cm³/mol. The predicted octanol–water partition coefficient (Wildman–Crippen LogP) is 4.44. The Bertz CT molecular complexity index is 425. The van der Waals surface area contributed by atoms with Gasteiger partial charge in [0.05, 0.1) is 0 Å². The highest BCUT2D eigenvalue weighted by Crippen LogP contribution is 2.33. The van der Waals surface area contributed by atoms with Gasteiger partial charge in [0, 0.05) is 12.1 Å². The van der Waals surface area contributed by atoms with Gasteiger partial charge in [0.2, 0.25) is 0 Å². The Morgan fingerprint density at radius 2 is 1.90 bits per heavy atom. The minimum Gasteiger partial charge on any atom is -0.327 e. The van der Waals surface area contributed by atoms with E-state index >= 15 is 0 Å². The lowest BCUT2D eigenvalue weighted by atomic mass is 9.76. The van der Waals surface area contributed by atoms with Gasteiger partial charge in [-0.15, -0.1) is 0 Å². The van der Waals surface area contributed by atoms with Crippen molar-refractivity contribution in [1.29, 1.82) is 0 Å². The summed E-state index contributed by atoms with van der Waals surface area (Å²) in [6.45, 7) is 2.23. The highest BCUT2D eigenvalue weighted by Gasteiger charge is 2.25. The molecule has 0 saturated heterocycles. The number of rotatable bonds is 5. The average Bonchev–Trinajstić information content (AvgIpc) is 2.43. The van der Waals surface area contributed by atoms with E-state index in [1.165, 1.54) is 37.8 Å². The fourth-order valence-electron chi connectivity index (χ4n) is 3.42. The first-order chi connectivity index (χ1) is 9.60. The van der Waals surface area contributed by atoms with Crippen LogP contribution in [0.3, 0.4) is 0 Å². The van der Waals surface area contributed by atoms with E-state index in [0.29, 0.717) is 17.9 Å². The number of halogens is 2. The summed E-state index contributed by atoms with van der Waals surface area (Å²) in [6, 6.07) is 3.76. The van der Waals surface area contributed by atoms with Gasteiger partial charge in [-0.3, -0.25) is 0 Å². The Morgan fingerprint density at radius 3 is 2.50 bits per heavy atom. The first kappa shape index (κ1) is 15.4. The van der Waals surface area contributed by atoms with Crippen molar-refractivity contribution in [3.8, 4) is 0 Å². The maximum Gasteiger partial charge on any atom is 0.129 e. The summed E-state index contributed by atoms with van der Waals surface area (Å²) in [5.41, 5.74) is 6.78. The highest BCUT2D eigenvalue weighted by atomic mass is 19.1. The molecule has 0 radical (unpaired) electrons. The van der Waals surface area contributed by atoms with Crippen molar-refractivity contribution in [2.75, 3.05) is 0 Å². The molecule has 2 N–H and O–H groups in total. The van der Waals surface area contributed by atoms with Gasteiger partial charge in [-0.05, 0) is 42.7 Å². The third kappa shape index (κ3) is 4.02. The molecule has 1 aromatic carbocycles. The second-order valence-corrected chi connectivity index (χ2v) is 6.17. The van der Waals surface area contributed by atoms with Crippen LogP contribution in [0.2, 0.25) is 0 Å². The van der Waals surface area contributed by atoms with Crippen molar-refractivity contribution in [1.82, 2.24) is 0 Å². The average molecular weight is 281 g/mol. The summed E-state index contributed by atoms with van der Waals surface area (Å²) in [7, 11) is 0. The number of nitrogens with two attached hydrogens (primary N) is 1. The molecule has 0 aliphatic heterocycles. The molecule has 1 aliphatic carbocycles. The third-order valence-corrected chi connectivity index (χ3v) is 4.66. The second-order valence-electron chi connectivity index (χ2n) is 6.17. The normalized spacial score (nSPS) is 24.6. The lowest BCUT2D eigenvalue weighted by Gasteiger charge is -2.32. The lowest BCUT2D eigenvalue weighted by Crippen LogP contribution is -2.35. The number of hydrogen-bond acceptors (Lipinski definition) is 1. The van der Waals surface area contributed by atoms with E-state index in [-0.39, 0.29) is 6.04 Å². The molecule has 0 bridgehead atoms. The monoisotopic (exact) mass is 281 g/mol. The molecule has 1 fully saturated rings. The van der Waals surface area contributed by atoms with Gasteiger partial charge in [0.25, 0.3) is 0 Å². The van der Waals surface area contributed by atoms with E-state index in [2.05, 4.69) is 6.92 Å². The Morgan fingerprint density at radius 1 is 1.20 bits per heavy atom. The van der Waals surface area contributed by atoms with Gasteiger partial charge in [-0.25, -0.2) is 8.78 Å². The van der Waals surface area contributed by atoms with Crippen LogP contribution in [0.25, 0.3) is 0 Å².